The van der Waals surface area contributed by atoms with Gasteiger partial charge in [0.05, 0.1) is 0 Å². The van der Waals surface area contributed by atoms with Crippen molar-refractivity contribution in [3.05, 3.63) is 65.0 Å². The summed E-state index contributed by atoms with van der Waals surface area (Å²) in [6.45, 7) is 3.92. The van der Waals surface area contributed by atoms with Gasteiger partial charge in [-0.15, -0.1) is 11.8 Å². The molecule has 2 aromatic rings. The number of nitrogens with two attached hydrogens (primary N) is 1. The van der Waals surface area contributed by atoms with Crippen molar-refractivity contribution in [2.24, 2.45) is 5.73 Å². The first-order valence-corrected chi connectivity index (χ1v) is 7.28. The molecule has 100 valence electrons. The first kappa shape index (κ1) is 14.1. The van der Waals surface area contributed by atoms with Gasteiger partial charge < -0.3 is 5.73 Å². The Hall–Kier alpha value is -1.32. The molecule has 1 atom stereocenters. The van der Waals surface area contributed by atoms with Crippen molar-refractivity contribution in [2.75, 3.05) is 0 Å². The molecule has 3 heteroatoms. The second-order valence-electron chi connectivity index (χ2n) is 4.72. The van der Waals surface area contributed by atoms with Crippen molar-refractivity contribution < 1.29 is 4.39 Å². The van der Waals surface area contributed by atoms with Crippen molar-refractivity contribution in [1.82, 2.24) is 0 Å². The third kappa shape index (κ3) is 3.82. The molecule has 0 amide bonds. The van der Waals surface area contributed by atoms with Crippen LogP contribution in [0.2, 0.25) is 0 Å². The van der Waals surface area contributed by atoms with Crippen molar-refractivity contribution >= 4 is 11.8 Å². The minimum absolute atomic E-state index is 0.0680. The average molecular weight is 275 g/mol. The van der Waals surface area contributed by atoms with E-state index in [1.54, 1.807) is 17.8 Å². The smallest absolute Gasteiger partial charge is 0.123 e. The first-order valence-electron chi connectivity index (χ1n) is 6.29. The SMILES string of the molecule is Cc1cc(F)ccc1CSc1ccc(C(C)N)cc1. The molecule has 0 heterocycles. The Morgan fingerprint density at radius 3 is 2.42 bits per heavy atom. The standard InChI is InChI=1S/C16H18FNS/c1-11-9-15(17)6-3-14(11)10-19-16-7-4-13(5-8-16)12(2)18/h3-9,12H,10,18H2,1-2H3. The molecule has 0 aliphatic carbocycles. The van der Waals surface area contributed by atoms with Gasteiger partial charge in [-0.1, -0.05) is 18.2 Å². The van der Waals surface area contributed by atoms with Crippen LogP contribution in [0.15, 0.2) is 47.4 Å². The number of halogens is 1. The van der Waals surface area contributed by atoms with Crippen LogP contribution in [0.4, 0.5) is 4.39 Å². The van der Waals surface area contributed by atoms with Gasteiger partial charge in [-0.2, -0.15) is 0 Å². The topological polar surface area (TPSA) is 26.0 Å². The summed E-state index contributed by atoms with van der Waals surface area (Å²) in [5.74, 6) is 0.677. The van der Waals surface area contributed by atoms with Crippen LogP contribution in [0, 0.1) is 12.7 Å². The zero-order valence-corrected chi connectivity index (χ0v) is 12.0. The van der Waals surface area contributed by atoms with Crippen LogP contribution in [-0.4, -0.2) is 0 Å². The number of aryl methyl sites for hydroxylation is 1. The Balaban J connectivity index is 2.02. The fourth-order valence-electron chi connectivity index (χ4n) is 1.85. The quantitative estimate of drug-likeness (QED) is 0.834. The molecule has 2 rings (SSSR count). The van der Waals surface area contributed by atoms with E-state index in [-0.39, 0.29) is 11.9 Å². The largest absolute Gasteiger partial charge is 0.324 e. The fourth-order valence-corrected chi connectivity index (χ4v) is 2.82. The Bertz CT molecular complexity index is 549. The zero-order valence-electron chi connectivity index (χ0n) is 11.2. The molecule has 0 saturated heterocycles. The predicted molar refractivity (Wildman–Crippen MR) is 79.7 cm³/mol. The normalized spacial score (nSPS) is 12.4. The van der Waals surface area contributed by atoms with Crippen molar-refractivity contribution in [3.63, 3.8) is 0 Å². The fraction of sp³-hybridized carbons (Fsp3) is 0.250. The summed E-state index contributed by atoms with van der Waals surface area (Å²) < 4.78 is 13.0. The number of thioether (sulfide) groups is 1. The average Bonchev–Trinajstić information content (AvgIpc) is 2.38. The zero-order chi connectivity index (χ0) is 13.8. The van der Waals surface area contributed by atoms with E-state index in [4.69, 9.17) is 5.73 Å². The maximum absolute atomic E-state index is 13.0. The van der Waals surface area contributed by atoms with Gasteiger partial charge in [0, 0.05) is 16.7 Å². The van der Waals surface area contributed by atoms with Gasteiger partial charge in [0.25, 0.3) is 0 Å². The molecule has 1 unspecified atom stereocenters. The van der Waals surface area contributed by atoms with Crippen molar-refractivity contribution in [2.45, 2.75) is 30.5 Å². The van der Waals surface area contributed by atoms with Gasteiger partial charge >= 0.3 is 0 Å². The molecule has 1 nitrogen and oxygen atoms in total. The number of rotatable bonds is 4. The highest BCUT2D eigenvalue weighted by molar-refractivity contribution is 7.98. The van der Waals surface area contributed by atoms with Crippen LogP contribution in [0.5, 0.6) is 0 Å². The van der Waals surface area contributed by atoms with E-state index < -0.39 is 0 Å². The van der Waals surface area contributed by atoms with Gasteiger partial charge in [0.2, 0.25) is 0 Å². The molecule has 0 aromatic heterocycles. The van der Waals surface area contributed by atoms with E-state index in [9.17, 15) is 4.39 Å². The van der Waals surface area contributed by atoms with Crippen molar-refractivity contribution in [3.8, 4) is 0 Å². The van der Waals surface area contributed by atoms with Crippen LogP contribution in [0.3, 0.4) is 0 Å². The lowest BCUT2D eigenvalue weighted by molar-refractivity contribution is 0.626. The second-order valence-corrected chi connectivity index (χ2v) is 5.77. The molecule has 0 fully saturated rings. The molecule has 0 radical (unpaired) electrons. The molecule has 2 aromatic carbocycles. The Labute approximate surface area is 118 Å². The first-order chi connectivity index (χ1) is 9.06. The number of hydrogen-bond acceptors (Lipinski definition) is 2. The van der Waals surface area contributed by atoms with Gasteiger partial charge in [-0.05, 0) is 54.8 Å². The summed E-state index contributed by atoms with van der Waals surface area (Å²) in [5, 5.41) is 0. The summed E-state index contributed by atoms with van der Waals surface area (Å²) in [6.07, 6.45) is 0. The lowest BCUT2D eigenvalue weighted by atomic mass is 10.1. The minimum Gasteiger partial charge on any atom is -0.324 e. The van der Waals surface area contributed by atoms with E-state index in [1.807, 2.05) is 19.9 Å². The van der Waals surface area contributed by atoms with Crippen LogP contribution in [0.25, 0.3) is 0 Å². The molecule has 19 heavy (non-hydrogen) atoms. The van der Waals surface area contributed by atoms with Gasteiger partial charge in [-0.3, -0.25) is 0 Å². The summed E-state index contributed by atoms with van der Waals surface area (Å²) in [7, 11) is 0. The Morgan fingerprint density at radius 1 is 1.16 bits per heavy atom. The van der Waals surface area contributed by atoms with Gasteiger partial charge in [0.15, 0.2) is 0 Å². The van der Waals surface area contributed by atoms with Crippen LogP contribution in [0.1, 0.15) is 29.7 Å². The van der Waals surface area contributed by atoms with E-state index in [0.717, 1.165) is 16.9 Å². The van der Waals surface area contributed by atoms with Gasteiger partial charge in [0.1, 0.15) is 5.82 Å². The third-order valence-electron chi connectivity index (χ3n) is 3.10. The molecule has 0 aliphatic heterocycles. The highest BCUT2D eigenvalue weighted by Crippen LogP contribution is 2.25. The van der Waals surface area contributed by atoms with Crippen LogP contribution >= 0.6 is 11.8 Å². The Morgan fingerprint density at radius 2 is 1.84 bits per heavy atom. The summed E-state index contributed by atoms with van der Waals surface area (Å²) in [5.41, 5.74) is 9.13. The molecule has 0 bridgehead atoms. The molecular formula is C16H18FNS. The van der Waals surface area contributed by atoms with E-state index in [2.05, 4.69) is 24.3 Å². The minimum atomic E-state index is -0.174. The Kier molecular flexibility index (Phi) is 4.61. The lowest BCUT2D eigenvalue weighted by Crippen LogP contribution is -2.04. The molecule has 0 spiro atoms. The summed E-state index contributed by atoms with van der Waals surface area (Å²) in [4.78, 5) is 1.20. The van der Waals surface area contributed by atoms with Crippen LogP contribution in [-0.2, 0) is 5.75 Å². The second kappa shape index (κ2) is 6.22. The molecular weight excluding hydrogens is 257 g/mol. The molecule has 2 N–H and O–H groups in total. The molecule has 0 aliphatic rings. The highest BCUT2D eigenvalue weighted by atomic mass is 32.2. The van der Waals surface area contributed by atoms with E-state index in [1.165, 1.54) is 16.5 Å². The maximum atomic E-state index is 13.0. The van der Waals surface area contributed by atoms with Crippen LogP contribution < -0.4 is 5.73 Å². The highest BCUT2D eigenvalue weighted by Gasteiger charge is 2.03. The van der Waals surface area contributed by atoms with E-state index in [0.29, 0.717) is 0 Å². The maximum Gasteiger partial charge on any atom is 0.123 e. The van der Waals surface area contributed by atoms with E-state index >= 15 is 0 Å². The lowest BCUT2D eigenvalue weighted by Gasteiger charge is -2.08. The van der Waals surface area contributed by atoms with Gasteiger partial charge in [-0.25, -0.2) is 4.39 Å². The van der Waals surface area contributed by atoms with Crippen molar-refractivity contribution in [1.29, 1.82) is 0 Å². The molecule has 0 saturated carbocycles. The predicted octanol–water partition coefficient (Wildman–Crippen LogP) is 4.45. The number of benzene rings is 2. The number of hydrogen-bond donors (Lipinski definition) is 1. The monoisotopic (exact) mass is 275 g/mol. The summed E-state index contributed by atoms with van der Waals surface area (Å²) in [6, 6.07) is 13.3. The third-order valence-corrected chi connectivity index (χ3v) is 4.17. The summed E-state index contributed by atoms with van der Waals surface area (Å²) >= 11 is 1.75.